The van der Waals surface area contributed by atoms with Crippen LogP contribution in [0.4, 0.5) is 0 Å². The lowest BCUT2D eigenvalue weighted by molar-refractivity contribution is 0.155. The molecular formula is C16H28IN3O2. The number of nitrogens with zero attached hydrogens (tertiary/aromatic N) is 1. The van der Waals surface area contributed by atoms with Crippen molar-refractivity contribution < 1.29 is 9.47 Å². The van der Waals surface area contributed by atoms with Crippen LogP contribution in [0.25, 0.3) is 0 Å². The quantitative estimate of drug-likeness (QED) is 0.279. The fraction of sp³-hybridized carbons (Fsp3) is 0.562. The number of methoxy groups -OCH3 is 1. The molecule has 0 aromatic heterocycles. The van der Waals surface area contributed by atoms with Crippen molar-refractivity contribution in [3.05, 3.63) is 29.8 Å². The zero-order chi connectivity index (χ0) is 15.3. The average Bonchev–Trinajstić information content (AvgIpc) is 2.51. The molecule has 2 N–H and O–H groups in total. The van der Waals surface area contributed by atoms with E-state index in [9.17, 15) is 0 Å². The lowest BCUT2D eigenvalue weighted by Gasteiger charge is -2.11. The number of halogens is 1. The van der Waals surface area contributed by atoms with Crippen molar-refractivity contribution in [2.24, 2.45) is 4.99 Å². The highest BCUT2D eigenvalue weighted by atomic mass is 127. The Bertz CT molecular complexity index is 428. The topological polar surface area (TPSA) is 54.9 Å². The van der Waals surface area contributed by atoms with Gasteiger partial charge in [0.05, 0.1) is 20.3 Å². The van der Waals surface area contributed by atoms with Gasteiger partial charge in [-0.25, -0.2) is 0 Å². The van der Waals surface area contributed by atoms with Gasteiger partial charge in [-0.15, -0.1) is 24.0 Å². The molecule has 6 heteroatoms. The van der Waals surface area contributed by atoms with Crippen LogP contribution >= 0.6 is 24.0 Å². The fourth-order valence-electron chi connectivity index (χ4n) is 1.86. The number of guanidine groups is 1. The summed E-state index contributed by atoms with van der Waals surface area (Å²) in [4.78, 5) is 4.46. The maximum Gasteiger partial charge on any atom is 0.191 e. The maximum absolute atomic E-state index is 5.28. The molecule has 1 rings (SSSR count). The number of aliphatic imine (C=N–C) groups is 1. The van der Waals surface area contributed by atoms with Crippen LogP contribution in [0.2, 0.25) is 0 Å². The Morgan fingerprint density at radius 1 is 1.23 bits per heavy atom. The second-order valence-corrected chi connectivity index (χ2v) is 4.49. The Balaban J connectivity index is 0.00000441. The summed E-state index contributed by atoms with van der Waals surface area (Å²) in [5.74, 6) is 1.73. The third-order valence-electron chi connectivity index (χ3n) is 2.89. The first kappa shape index (κ1) is 21.0. The molecule has 126 valence electrons. The number of ether oxygens (including phenoxy) is 2. The van der Waals surface area contributed by atoms with E-state index >= 15 is 0 Å². The van der Waals surface area contributed by atoms with Gasteiger partial charge in [0.15, 0.2) is 5.96 Å². The first-order valence-corrected chi connectivity index (χ1v) is 7.53. The molecule has 1 aromatic carbocycles. The maximum atomic E-state index is 5.28. The summed E-state index contributed by atoms with van der Waals surface area (Å²) in [7, 11) is 1.69. The number of hydrogen-bond donors (Lipinski definition) is 2. The van der Waals surface area contributed by atoms with Gasteiger partial charge >= 0.3 is 0 Å². The second-order valence-electron chi connectivity index (χ2n) is 4.49. The van der Waals surface area contributed by atoms with Crippen molar-refractivity contribution in [3.63, 3.8) is 0 Å². The van der Waals surface area contributed by atoms with Crippen molar-refractivity contribution in [3.8, 4) is 5.75 Å². The highest BCUT2D eigenvalue weighted by Crippen LogP contribution is 2.12. The van der Waals surface area contributed by atoms with Gasteiger partial charge in [0, 0.05) is 19.7 Å². The second kappa shape index (κ2) is 13.6. The molecular weight excluding hydrogens is 393 g/mol. The van der Waals surface area contributed by atoms with Crippen molar-refractivity contribution in [2.75, 3.05) is 40.0 Å². The minimum Gasteiger partial charge on any atom is -0.497 e. The Labute approximate surface area is 150 Å². The van der Waals surface area contributed by atoms with Crippen LogP contribution in [-0.4, -0.2) is 45.9 Å². The van der Waals surface area contributed by atoms with Crippen molar-refractivity contribution in [2.45, 2.75) is 20.3 Å². The van der Waals surface area contributed by atoms with Crippen LogP contribution in [0, 0.1) is 0 Å². The SMILES string of the molecule is CCNC(=NCCOCC)NCCc1cccc(OC)c1.I. The Morgan fingerprint density at radius 3 is 2.73 bits per heavy atom. The van der Waals surface area contributed by atoms with Crippen LogP contribution in [-0.2, 0) is 11.2 Å². The molecule has 0 saturated carbocycles. The standard InChI is InChI=1S/C16H27N3O2.HI/c1-4-17-16(19-11-12-21-5-2)18-10-9-14-7-6-8-15(13-14)20-3;/h6-8,13H,4-5,9-12H2,1-3H3,(H2,17,18,19);1H. The number of benzene rings is 1. The van der Waals surface area contributed by atoms with Crippen LogP contribution in [0.5, 0.6) is 5.75 Å². The number of hydrogen-bond acceptors (Lipinski definition) is 3. The van der Waals surface area contributed by atoms with Crippen LogP contribution in [0.1, 0.15) is 19.4 Å². The molecule has 0 amide bonds. The summed E-state index contributed by atoms with van der Waals surface area (Å²) in [5, 5.41) is 6.55. The van der Waals surface area contributed by atoms with Gasteiger partial charge in [-0.1, -0.05) is 12.1 Å². The zero-order valence-corrected chi connectivity index (χ0v) is 16.1. The van der Waals surface area contributed by atoms with Gasteiger partial charge in [0.1, 0.15) is 5.75 Å². The van der Waals surface area contributed by atoms with Crippen molar-refractivity contribution in [1.82, 2.24) is 10.6 Å². The van der Waals surface area contributed by atoms with Crippen molar-refractivity contribution in [1.29, 1.82) is 0 Å². The van der Waals surface area contributed by atoms with Gasteiger partial charge in [-0.05, 0) is 38.0 Å². The molecule has 0 aliphatic heterocycles. The highest BCUT2D eigenvalue weighted by Gasteiger charge is 1.99. The summed E-state index contributed by atoms with van der Waals surface area (Å²) in [6.07, 6.45) is 0.924. The molecule has 0 radical (unpaired) electrons. The van der Waals surface area contributed by atoms with Gasteiger partial charge in [-0.3, -0.25) is 4.99 Å². The first-order valence-electron chi connectivity index (χ1n) is 7.53. The van der Waals surface area contributed by atoms with Crippen molar-refractivity contribution >= 4 is 29.9 Å². The van der Waals surface area contributed by atoms with E-state index in [1.54, 1.807) is 7.11 Å². The molecule has 0 aliphatic carbocycles. The minimum absolute atomic E-state index is 0. The minimum atomic E-state index is 0. The van der Waals surface area contributed by atoms with Gasteiger partial charge < -0.3 is 20.1 Å². The summed E-state index contributed by atoms with van der Waals surface area (Å²) in [5.41, 5.74) is 1.24. The zero-order valence-electron chi connectivity index (χ0n) is 13.7. The molecule has 22 heavy (non-hydrogen) atoms. The van der Waals surface area contributed by atoms with Crippen LogP contribution in [0.15, 0.2) is 29.3 Å². The molecule has 0 heterocycles. The van der Waals surface area contributed by atoms with E-state index in [1.807, 2.05) is 19.1 Å². The van der Waals surface area contributed by atoms with E-state index in [0.29, 0.717) is 13.2 Å². The number of nitrogens with one attached hydrogen (secondary N) is 2. The number of rotatable bonds is 9. The Morgan fingerprint density at radius 2 is 2.05 bits per heavy atom. The fourth-order valence-corrected chi connectivity index (χ4v) is 1.86. The van der Waals surface area contributed by atoms with E-state index in [0.717, 1.165) is 37.8 Å². The summed E-state index contributed by atoms with van der Waals surface area (Å²) in [6.45, 7) is 7.77. The van der Waals surface area contributed by atoms with Crippen LogP contribution < -0.4 is 15.4 Å². The summed E-state index contributed by atoms with van der Waals surface area (Å²) < 4.78 is 10.5. The van der Waals surface area contributed by atoms with E-state index < -0.39 is 0 Å². The average molecular weight is 421 g/mol. The normalized spacial score (nSPS) is 10.8. The molecule has 0 atom stereocenters. The summed E-state index contributed by atoms with van der Waals surface area (Å²) >= 11 is 0. The smallest absolute Gasteiger partial charge is 0.191 e. The lowest BCUT2D eigenvalue weighted by Crippen LogP contribution is -2.38. The molecule has 1 aromatic rings. The first-order chi connectivity index (χ1) is 10.3. The molecule has 0 fully saturated rings. The highest BCUT2D eigenvalue weighted by molar-refractivity contribution is 14.0. The lowest BCUT2D eigenvalue weighted by atomic mass is 10.1. The molecule has 0 unspecified atom stereocenters. The molecule has 0 saturated heterocycles. The van der Waals surface area contributed by atoms with Gasteiger partial charge in [0.25, 0.3) is 0 Å². The van der Waals surface area contributed by atoms with Crippen LogP contribution in [0.3, 0.4) is 0 Å². The summed E-state index contributed by atoms with van der Waals surface area (Å²) in [6, 6.07) is 8.12. The van der Waals surface area contributed by atoms with E-state index in [2.05, 4.69) is 34.7 Å². The Hall–Kier alpha value is -1.02. The van der Waals surface area contributed by atoms with Gasteiger partial charge in [-0.2, -0.15) is 0 Å². The third-order valence-corrected chi connectivity index (χ3v) is 2.89. The largest absolute Gasteiger partial charge is 0.497 e. The molecule has 0 bridgehead atoms. The van der Waals surface area contributed by atoms with Gasteiger partial charge in [0.2, 0.25) is 0 Å². The molecule has 5 nitrogen and oxygen atoms in total. The third kappa shape index (κ3) is 9.09. The van der Waals surface area contributed by atoms with E-state index in [1.165, 1.54) is 5.56 Å². The van der Waals surface area contributed by atoms with E-state index in [4.69, 9.17) is 9.47 Å². The predicted molar refractivity (Wildman–Crippen MR) is 103 cm³/mol. The predicted octanol–water partition coefficient (Wildman–Crippen LogP) is 2.45. The molecule has 0 spiro atoms. The van der Waals surface area contributed by atoms with E-state index in [-0.39, 0.29) is 24.0 Å². The Kier molecular flexibility index (Phi) is 13.0. The molecule has 0 aliphatic rings. The monoisotopic (exact) mass is 421 g/mol.